The quantitative estimate of drug-likeness (QED) is 0.690. The van der Waals surface area contributed by atoms with Crippen LogP contribution >= 0.6 is 23.2 Å². The van der Waals surface area contributed by atoms with Crippen LogP contribution in [0, 0.1) is 0 Å². The smallest absolute Gasteiger partial charge is 0.116 e. The summed E-state index contributed by atoms with van der Waals surface area (Å²) in [6.07, 6.45) is 1.68. The molecule has 0 saturated carbocycles. The Morgan fingerprint density at radius 2 is 1.74 bits per heavy atom. The van der Waals surface area contributed by atoms with Crippen LogP contribution in [0.4, 0.5) is 0 Å². The van der Waals surface area contributed by atoms with Crippen molar-refractivity contribution in [2.24, 2.45) is 0 Å². The van der Waals surface area contributed by atoms with Gasteiger partial charge in [-0.25, -0.2) is 0 Å². The molecule has 19 heavy (non-hydrogen) atoms. The second-order valence-corrected chi connectivity index (χ2v) is 4.97. The molecular formula is C15H9Cl2NO. The number of halogens is 2. The molecule has 0 aliphatic rings. The molecule has 0 radical (unpaired) electrons. The van der Waals surface area contributed by atoms with Gasteiger partial charge in [-0.2, -0.15) is 0 Å². The van der Waals surface area contributed by atoms with E-state index in [0.717, 1.165) is 22.0 Å². The monoisotopic (exact) mass is 289 g/mol. The van der Waals surface area contributed by atoms with Crippen LogP contribution in [0.25, 0.3) is 22.0 Å². The van der Waals surface area contributed by atoms with Crippen molar-refractivity contribution in [1.82, 2.24) is 4.98 Å². The SMILES string of the molecule is Oc1ccc(Cl)c(-c2ccnc3c(Cl)cccc23)c1. The number of aromatic nitrogens is 1. The Hall–Kier alpha value is -1.77. The Morgan fingerprint density at radius 3 is 2.58 bits per heavy atom. The Balaban J connectivity index is 2.37. The van der Waals surface area contributed by atoms with Crippen LogP contribution in [-0.4, -0.2) is 10.1 Å². The first-order valence-electron chi connectivity index (χ1n) is 5.69. The number of phenolic OH excluding ortho intramolecular Hbond substituents is 1. The van der Waals surface area contributed by atoms with Gasteiger partial charge in [0.1, 0.15) is 5.75 Å². The number of aromatic hydroxyl groups is 1. The molecule has 1 aromatic heterocycles. The molecule has 3 rings (SSSR count). The summed E-state index contributed by atoms with van der Waals surface area (Å²) in [6, 6.07) is 12.3. The first-order chi connectivity index (χ1) is 9.16. The van der Waals surface area contributed by atoms with E-state index in [2.05, 4.69) is 4.98 Å². The fraction of sp³-hybridized carbons (Fsp3) is 0. The Bertz CT molecular complexity index is 771. The van der Waals surface area contributed by atoms with E-state index in [-0.39, 0.29) is 5.75 Å². The molecule has 0 spiro atoms. The van der Waals surface area contributed by atoms with Gasteiger partial charge in [-0.3, -0.25) is 4.98 Å². The lowest BCUT2D eigenvalue weighted by Crippen LogP contribution is -1.86. The third kappa shape index (κ3) is 2.14. The van der Waals surface area contributed by atoms with Gasteiger partial charge in [0.05, 0.1) is 10.5 Å². The van der Waals surface area contributed by atoms with Crippen LogP contribution in [0.2, 0.25) is 10.0 Å². The van der Waals surface area contributed by atoms with E-state index in [0.29, 0.717) is 10.0 Å². The average molecular weight is 290 g/mol. The van der Waals surface area contributed by atoms with Crippen LogP contribution < -0.4 is 0 Å². The van der Waals surface area contributed by atoms with E-state index >= 15 is 0 Å². The molecule has 1 heterocycles. The highest BCUT2D eigenvalue weighted by atomic mass is 35.5. The van der Waals surface area contributed by atoms with Gasteiger partial charge >= 0.3 is 0 Å². The van der Waals surface area contributed by atoms with Crippen LogP contribution in [0.1, 0.15) is 0 Å². The standard InChI is InChI=1S/C15H9Cl2NO/c16-13-5-4-9(19)8-12(13)10-6-7-18-15-11(10)2-1-3-14(15)17/h1-8,19H. The summed E-state index contributed by atoms with van der Waals surface area (Å²) in [5, 5.41) is 11.7. The van der Waals surface area contributed by atoms with Crippen molar-refractivity contribution in [3.8, 4) is 16.9 Å². The Kier molecular flexibility index (Phi) is 3.05. The van der Waals surface area contributed by atoms with E-state index in [4.69, 9.17) is 23.2 Å². The highest BCUT2D eigenvalue weighted by molar-refractivity contribution is 6.36. The van der Waals surface area contributed by atoms with E-state index in [9.17, 15) is 5.11 Å². The zero-order chi connectivity index (χ0) is 13.4. The molecule has 3 aromatic rings. The Morgan fingerprint density at radius 1 is 0.895 bits per heavy atom. The van der Waals surface area contributed by atoms with Gasteiger partial charge < -0.3 is 5.11 Å². The number of benzene rings is 2. The fourth-order valence-corrected chi connectivity index (χ4v) is 2.54. The average Bonchev–Trinajstić information content (AvgIpc) is 2.42. The van der Waals surface area contributed by atoms with Crippen molar-refractivity contribution in [2.45, 2.75) is 0 Å². The zero-order valence-electron chi connectivity index (χ0n) is 9.77. The predicted octanol–water partition coefficient (Wildman–Crippen LogP) is 4.91. The minimum absolute atomic E-state index is 0.173. The second-order valence-electron chi connectivity index (χ2n) is 4.16. The molecule has 0 unspecified atom stereocenters. The minimum Gasteiger partial charge on any atom is -0.508 e. The van der Waals surface area contributed by atoms with Crippen molar-refractivity contribution in [3.63, 3.8) is 0 Å². The lowest BCUT2D eigenvalue weighted by atomic mass is 10.0. The van der Waals surface area contributed by atoms with Crippen LogP contribution in [0.3, 0.4) is 0 Å². The largest absolute Gasteiger partial charge is 0.508 e. The summed E-state index contributed by atoms with van der Waals surface area (Å²) in [4.78, 5) is 4.28. The summed E-state index contributed by atoms with van der Waals surface area (Å²) >= 11 is 12.3. The molecule has 0 bridgehead atoms. The predicted molar refractivity (Wildman–Crippen MR) is 78.9 cm³/mol. The van der Waals surface area contributed by atoms with Gasteiger partial charge in [0, 0.05) is 22.2 Å². The molecule has 0 fully saturated rings. The maximum Gasteiger partial charge on any atom is 0.116 e. The maximum absolute atomic E-state index is 9.63. The Labute approximate surface area is 120 Å². The first-order valence-corrected chi connectivity index (χ1v) is 6.44. The van der Waals surface area contributed by atoms with Crippen molar-refractivity contribution in [1.29, 1.82) is 0 Å². The van der Waals surface area contributed by atoms with Gasteiger partial charge in [-0.1, -0.05) is 35.3 Å². The summed E-state index contributed by atoms with van der Waals surface area (Å²) in [5.74, 6) is 0.173. The lowest BCUT2D eigenvalue weighted by Gasteiger charge is -2.09. The lowest BCUT2D eigenvalue weighted by molar-refractivity contribution is 0.475. The molecule has 4 heteroatoms. The van der Waals surface area contributed by atoms with Gasteiger partial charge in [0.25, 0.3) is 0 Å². The molecule has 0 atom stereocenters. The van der Waals surface area contributed by atoms with E-state index in [1.165, 1.54) is 0 Å². The highest BCUT2D eigenvalue weighted by Gasteiger charge is 2.10. The van der Waals surface area contributed by atoms with E-state index < -0.39 is 0 Å². The van der Waals surface area contributed by atoms with Gasteiger partial charge in [-0.15, -0.1) is 0 Å². The molecule has 0 aliphatic heterocycles. The third-order valence-corrected chi connectivity index (χ3v) is 3.60. The molecule has 2 nitrogen and oxygen atoms in total. The van der Waals surface area contributed by atoms with Crippen molar-refractivity contribution in [3.05, 3.63) is 58.7 Å². The topological polar surface area (TPSA) is 33.1 Å². The molecule has 1 N–H and O–H groups in total. The summed E-state index contributed by atoms with van der Waals surface area (Å²) in [6.45, 7) is 0. The third-order valence-electron chi connectivity index (χ3n) is 2.96. The number of para-hydroxylation sites is 1. The number of pyridine rings is 1. The number of hydrogen-bond donors (Lipinski definition) is 1. The first kappa shape index (κ1) is 12.3. The fourth-order valence-electron chi connectivity index (χ4n) is 2.09. The summed E-state index contributed by atoms with van der Waals surface area (Å²) < 4.78 is 0. The normalized spacial score (nSPS) is 10.8. The molecular weight excluding hydrogens is 281 g/mol. The zero-order valence-corrected chi connectivity index (χ0v) is 11.3. The van der Waals surface area contributed by atoms with Gasteiger partial charge in [-0.05, 0) is 35.9 Å². The van der Waals surface area contributed by atoms with Crippen LogP contribution in [-0.2, 0) is 0 Å². The van der Waals surface area contributed by atoms with E-state index in [1.807, 2.05) is 18.2 Å². The van der Waals surface area contributed by atoms with E-state index in [1.54, 1.807) is 30.5 Å². The van der Waals surface area contributed by atoms with Gasteiger partial charge in [0.2, 0.25) is 0 Å². The molecule has 0 saturated heterocycles. The molecule has 0 aliphatic carbocycles. The number of hydrogen-bond acceptors (Lipinski definition) is 2. The molecule has 0 amide bonds. The van der Waals surface area contributed by atoms with Gasteiger partial charge in [0.15, 0.2) is 0 Å². The number of rotatable bonds is 1. The maximum atomic E-state index is 9.63. The van der Waals surface area contributed by atoms with Crippen LogP contribution in [0.15, 0.2) is 48.7 Å². The molecule has 94 valence electrons. The number of phenols is 1. The van der Waals surface area contributed by atoms with Crippen molar-refractivity contribution >= 4 is 34.1 Å². The summed E-state index contributed by atoms with van der Waals surface area (Å²) in [5.41, 5.74) is 2.38. The number of nitrogens with zero attached hydrogens (tertiary/aromatic N) is 1. The summed E-state index contributed by atoms with van der Waals surface area (Å²) in [7, 11) is 0. The molecule has 2 aromatic carbocycles. The highest BCUT2D eigenvalue weighted by Crippen LogP contribution is 2.36. The van der Waals surface area contributed by atoms with Crippen molar-refractivity contribution in [2.75, 3.05) is 0 Å². The van der Waals surface area contributed by atoms with Crippen LogP contribution in [0.5, 0.6) is 5.75 Å². The van der Waals surface area contributed by atoms with Crippen molar-refractivity contribution < 1.29 is 5.11 Å². The number of fused-ring (bicyclic) bond motifs is 1. The minimum atomic E-state index is 0.173. The second kappa shape index (κ2) is 4.72.